The highest BCUT2D eigenvalue weighted by Gasteiger charge is 2.25. The molecule has 5 heteroatoms. The van der Waals surface area contributed by atoms with Crippen molar-refractivity contribution < 1.29 is 8.42 Å². The van der Waals surface area contributed by atoms with Crippen molar-refractivity contribution in [1.29, 1.82) is 0 Å². The molecule has 4 rings (SSSR count). The van der Waals surface area contributed by atoms with Crippen LogP contribution in [0.5, 0.6) is 0 Å². The van der Waals surface area contributed by atoms with E-state index in [9.17, 15) is 8.42 Å². The van der Waals surface area contributed by atoms with Crippen LogP contribution in [-0.4, -0.2) is 14.5 Å². The molecule has 138 valence electrons. The molecule has 0 saturated carbocycles. The summed E-state index contributed by atoms with van der Waals surface area (Å²) in [5.41, 5.74) is 3.87. The fourth-order valence-electron chi connectivity index (χ4n) is 3.54. The number of sulfonamides is 1. The third-order valence-electron chi connectivity index (χ3n) is 4.85. The molecule has 3 aromatic rings. The Labute approximate surface area is 160 Å². The van der Waals surface area contributed by atoms with Crippen molar-refractivity contribution in [3.8, 4) is 0 Å². The molecule has 0 spiro atoms. The Morgan fingerprint density at radius 3 is 2.11 bits per heavy atom. The Hall–Kier alpha value is -2.63. The van der Waals surface area contributed by atoms with E-state index in [1.807, 2.05) is 66.7 Å². The van der Waals surface area contributed by atoms with Crippen LogP contribution in [0.4, 0.5) is 5.69 Å². The molecule has 3 aromatic carbocycles. The zero-order valence-electron chi connectivity index (χ0n) is 15.1. The van der Waals surface area contributed by atoms with Crippen molar-refractivity contribution in [3.05, 3.63) is 95.6 Å². The van der Waals surface area contributed by atoms with Crippen molar-refractivity contribution in [2.75, 3.05) is 5.32 Å². The second-order valence-corrected chi connectivity index (χ2v) is 8.66. The molecule has 0 unspecified atom stereocenters. The zero-order valence-corrected chi connectivity index (χ0v) is 15.9. The lowest BCUT2D eigenvalue weighted by atomic mass is 10.00. The molecular weight excluding hydrogens is 356 g/mol. The standard InChI is InChI=1S/C22H22N2O2S/c1-16-14-19-15-20(12-13-21(19)23-16)27(25,26)24-22(17-8-4-2-5-9-17)18-10-6-3-7-11-18/h2-13,15-16,22-24H,14H2,1H3/t16-/m0/s1. The second-order valence-electron chi connectivity index (χ2n) is 6.94. The van der Waals surface area contributed by atoms with Gasteiger partial charge in [0.2, 0.25) is 10.0 Å². The molecule has 0 amide bonds. The van der Waals surface area contributed by atoms with Gasteiger partial charge in [-0.2, -0.15) is 4.72 Å². The molecule has 0 aliphatic carbocycles. The van der Waals surface area contributed by atoms with E-state index in [0.29, 0.717) is 10.9 Å². The first-order chi connectivity index (χ1) is 13.0. The Balaban J connectivity index is 1.70. The Morgan fingerprint density at radius 1 is 0.926 bits per heavy atom. The minimum absolute atomic E-state index is 0.300. The van der Waals surface area contributed by atoms with Crippen LogP contribution in [0.25, 0.3) is 0 Å². The highest BCUT2D eigenvalue weighted by Crippen LogP contribution is 2.29. The minimum atomic E-state index is -3.67. The predicted molar refractivity (Wildman–Crippen MR) is 108 cm³/mol. The molecule has 0 bridgehead atoms. The lowest BCUT2D eigenvalue weighted by Gasteiger charge is -2.20. The number of fused-ring (bicyclic) bond motifs is 1. The van der Waals surface area contributed by atoms with Crippen LogP contribution in [0.1, 0.15) is 29.7 Å². The number of nitrogens with one attached hydrogen (secondary N) is 2. The summed E-state index contributed by atoms with van der Waals surface area (Å²) in [4.78, 5) is 0.300. The first-order valence-corrected chi connectivity index (χ1v) is 10.5. The van der Waals surface area contributed by atoms with E-state index in [2.05, 4.69) is 17.0 Å². The van der Waals surface area contributed by atoms with Crippen LogP contribution in [0, 0.1) is 0 Å². The molecule has 27 heavy (non-hydrogen) atoms. The van der Waals surface area contributed by atoms with Gasteiger partial charge in [-0.3, -0.25) is 0 Å². The van der Waals surface area contributed by atoms with E-state index in [-0.39, 0.29) is 0 Å². The van der Waals surface area contributed by atoms with Gasteiger partial charge in [0.1, 0.15) is 0 Å². The molecule has 0 radical (unpaired) electrons. The van der Waals surface area contributed by atoms with E-state index in [0.717, 1.165) is 28.8 Å². The van der Waals surface area contributed by atoms with E-state index < -0.39 is 16.1 Å². The summed E-state index contributed by atoms with van der Waals surface area (Å²) in [5.74, 6) is 0. The summed E-state index contributed by atoms with van der Waals surface area (Å²) in [7, 11) is -3.67. The minimum Gasteiger partial charge on any atom is -0.382 e. The molecule has 1 aliphatic rings. The highest BCUT2D eigenvalue weighted by molar-refractivity contribution is 7.89. The maximum absolute atomic E-state index is 13.1. The third-order valence-corrected chi connectivity index (χ3v) is 6.27. The Bertz CT molecular complexity index is 995. The number of hydrogen-bond donors (Lipinski definition) is 2. The van der Waals surface area contributed by atoms with Gasteiger partial charge in [0.05, 0.1) is 10.9 Å². The molecule has 0 saturated heterocycles. The summed E-state index contributed by atoms with van der Waals surface area (Å²) in [5, 5.41) is 3.35. The Morgan fingerprint density at radius 2 is 1.52 bits per heavy atom. The quantitative estimate of drug-likeness (QED) is 0.702. The summed E-state index contributed by atoms with van der Waals surface area (Å²) < 4.78 is 29.2. The molecular formula is C22H22N2O2S. The monoisotopic (exact) mass is 378 g/mol. The van der Waals surface area contributed by atoms with Gasteiger partial charge in [0.25, 0.3) is 0 Å². The number of anilines is 1. The average Bonchev–Trinajstić information content (AvgIpc) is 3.07. The van der Waals surface area contributed by atoms with Crippen LogP contribution in [0.15, 0.2) is 83.8 Å². The molecule has 1 atom stereocenters. The molecule has 0 fully saturated rings. The Kier molecular flexibility index (Phi) is 4.72. The summed E-state index contributed by atoms with van der Waals surface area (Å²) in [6.07, 6.45) is 0.833. The molecule has 2 N–H and O–H groups in total. The van der Waals surface area contributed by atoms with Crippen molar-refractivity contribution >= 4 is 15.7 Å². The van der Waals surface area contributed by atoms with Crippen molar-refractivity contribution in [3.63, 3.8) is 0 Å². The first kappa shape index (κ1) is 17.8. The van der Waals surface area contributed by atoms with Crippen molar-refractivity contribution in [2.45, 2.75) is 30.3 Å². The smallest absolute Gasteiger partial charge is 0.241 e. The molecule has 1 heterocycles. The van der Waals surface area contributed by atoms with E-state index in [1.54, 1.807) is 12.1 Å². The molecule has 1 aliphatic heterocycles. The van der Waals surface area contributed by atoms with Gasteiger partial charge in [-0.05, 0) is 48.2 Å². The van der Waals surface area contributed by atoms with Gasteiger partial charge in [0.15, 0.2) is 0 Å². The van der Waals surface area contributed by atoms with Crippen molar-refractivity contribution in [2.24, 2.45) is 0 Å². The lowest BCUT2D eigenvalue weighted by molar-refractivity contribution is 0.572. The van der Waals surface area contributed by atoms with Crippen LogP contribution < -0.4 is 10.0 Å². The molecule has 0 aromatic heterocycles. The van der Waals surface area contributed by atoms with Crippen LogP contribution in [0.3, 0.4) is 0 Å². The zero-order chi connectivity index (χ0) is 18.9. The van der Waals surface area contributed by atoms with Crippen LogP contribution in [0.2, 0.25) is 0 Å². The fourth-order valence-corrected chi connectivity index (χ4v) is 4.80. The van der Waals surface area contributed by atoms with Gasteiger partial charge < -0.3 is 5.32 Å². The van der Waals surface area contributed by atoms with Crippen LogP contribution in [-0.2, 0) is 16.4 Å². The third kappa shape index (κ3) is 3.75. The number of rotatable bonds is 5. The van der Waals surface area contributed by atoms with Gasteiger partial charge in [-0.25, -0.2) is 8.42 Å². The normalized spacial score (nSPS) is 16.1. The summed E-state index contributed by atoms with van der Waals surface area (Å²) >= 11 is 0. The average molecular weight is 378 g/mol. The van der Waals surface area contributed by atoms with E-state index >= 15 is 0 Å². The fraction of sp³-hybridized carbons (Fsp3) is 0.182. The van der Waals surface area contributed by atoms with E-state index in [4.69, 9.17) is 0 Å². The number of hydrogen-bond acceptors (Lipinski definition) is 3. The largest absolute Gasteiger partial charge is 0.382 e. The summed E-state index contributed by atoms with van der Waals surface area (Å²) in [6, 6.07) is 24.5. The van der Waals surface area contributed by atoms with Gasteiger partial charge in [0, 0.05) is 11.7 Å². The van der Waals surface area contributed by atoms with Crippen LogP contribution >= 0.6 is 0 Å². The first-order valence-electron chi connectivity index (χ1n) is 9.04. The maximum atomic E-state index is 13.1. The van der Waals surface area contributed by atoms with E-state index in [1.165, 1.54) is 0 Å². The van der Waals surface area contributed by atoms with Gasteiger partial charge in [-0.1, -0.05) is 60.7 Å². The SMILES string of the molecule is C[C@H]1Cc2cc(S(=O)(=O)NC(c3ccccc3)c3ccccc3)ccc2N1. The van der Waals surface area contributed by atoms with Crippen molar-refractivity contribution in [1.82, 2.24) is 4.72 Å². The maximum Gasteiger partial charge on any atom is 0.241 e. The summed E-state index contributed by atoms with van der Waals surface area (Å²) in [6.45, 7) is 2.09. The van der Waals surface area contributed by atoms with Gasteiger partial charge in [-0.15, -0.1) is 0 Å². The predicted octanol–water partition coefficient (Wildman–Crippen LogP) is 4.11. The molecule has 4 nitrogen and oxygen atoms in total. The topological polar surface area (TPSA) is 58.2 Å². The second kappa shape index (κ2) is 7.18. The van der Waals surface area contributed by atoms with Gasteiger partial charge >= 0.3 is 0 Å². The number of benzene rings is 3. The highest BCUT2D eigenvalue weighted by atomic mass is 32.2. The lowest BCUT2D eigenvalue weighted by Crippen LogP contribution is -2.29.